The van der Waals surface area contributed by atoms with Crippen LogP contribution in [0.3, 0.4) is 0 Å². The molecule has 0 amide bonds. The molecule has 0 radical (unpaired) electrons. The molecule has 1 unspecified atom stereocenters. The highest BCUT2D eigenvalue weighted by Gasteiger charge is 2.30. The zero-order chi connectivity index (χ0) is 14.8. The van der Waals surface area contributed by atoms with Gasteiger partial charge in [-0.2, -0.15) is 4.31 Å². The molecule has 1 saturated heterocycles. The maximum absolute atomic E-state index is 12.5. The molecule has 1 aliphatic rings. The van der Waals surface area contributed by atoms with E-state index in [9.17, 15) is 8.42 Å². The van der Waals surface area contributed by atoms with Crippen molar-refractivity contribution in [2.24, 2.45) is 0 Å². The van der Waals surface area contributed by atoms with Gasteiger partial charge < -0.3 is 5.11 Å². The van der Waals surface area contributed by atoms with Crippen LogP contribution >= 0.6 is 11.3 Å². The van der Waals surface area contributed by atoms with E-state index in [1.165, 1.54) is 11.3 Å². The Balaban J connectivity index is 2.05. The van der Waals surface area contributed by atoms with Crippen LogP contribution in [0, 0.1) is 0 Å². The number of piperazine rings is 1. The lowest BCUT2D eigenvalue weighted by atomic mass is 10.2. The smallest absolute Gasteiger partial charge is 0.243 e. The van der Waals surface area contributed by atoms with Gasteiger partial charge in [0.1, 0.15) is 0 Å². The van der Waals surface area contributed by atoms with Gasteiger partial charge in [0.15, 0.2) is 0 Å². The van der Waals surface area contributed by atoms with Crippen LogP contribution in [0.5, 0.6) is 0 Å². The normalized spacial score (nSPS) is 20.1. The van der Waals surface area contributed by atoms with E-state index in [2.05, 4.69) is 18.7 Å². The first-order valence-electron chi connectivity index (χ1n) is 6.91. The maximum Gasteiger partial charge on any atom is 0.243 e. The summed E-state index contributed by atoms with van der Waals surface area (Å²) in [5.41, 5.74) is 0. The van der Waals surface area contributed by atoms with Crippen molar-refractivity contribution in [3.05, 3.63) is 16.3 Å². The van der Waals surface area contributed by atoms with Crippen molar-refractivity contribution in [3.63, 3.8) is 0 Å². The van der Waals surface area contributed by atoms with Gasteiger partial charge in [0.2, 0.25) is 10.0 Å². The first kappa shape index (κ1) is 15.9. The third-order valence-corrected chi connectivity index (χ3v) is 6.86. The van der Waals surface area contributed by atoms with Crippen molar-refractivity contribution in [2.45, 2.75) is 37.8 Å². The van der Waals surface area contributed by atoms with E-state index in [0.717, 1.165) is 19.5 Å². The van der Waals surface area contributed by atoms with Gasteiger partial charge >= 0.3 is 0 Å². The van der Waals surface area contributed by atoms with Gasteiger partial charge in [-0.05, 0) is 19.4 Å². The standard InChI is InChI=1S/C13H22N2O3S2/c1-3-11(2)14-4-6-15(7-5-14)20(17,18)13-8-12(9-16)19-10-13/h8,10-11,16H,3-7,9H2,1-2H3. The van der Waals surface area contributed by atoms with Crippen molar-refractivity contribution in [1.29, 1.82) is 0 Å². The van der Waals surface area contributed by atoms with Crippen molar-refractivity contribution in [1.82, 2.24) is 9.21 Å². The van der Waals surface area contributed by atoms with Crippen LogP contribution in [0.1, 0.15) is 25.1 Å². The van der Waals surface area contributed by atoms with E-state index in [1.54, 1.807) is 15.8 Å². The average Bonchev–Trinajstić information content (AvgIpc) is 2.96. The highest BCUT2D eigenvalue weighted by atomic mass is 32.2. The van der Waals surface area contributed by atoms with E-state index in [1.807, 2.05) is 0 Å². The van der Waals surface area contributed by atoms with E-state index >= 15 is 0 Å². The number of aliphatic hydroxyl groups is 1. The summed E-state index contributed by atoms with van der Waals surface area (Å²) in [5, 5.41) is 10.7. The Labute approximate surface area is 124 Å². The van der Waals surface area contributed by atoms with Crippen molar-refractivity contribution in [3.8, 4) is 0 Å². The Morgan fingerprint density at radius 1 is 1.35 bits per heavy atom. The second-order valence-corrected chi connectivity index (χ2v) is 8.04. The average molecular weight is 318 g/mol. The van der Waals surface area contributed by atoms with Crippen molar-refractivity contribution in [2.75, 3.05) is 26.2 Å². The summed E-state index contributed by atoms with van der Waals surface area (Å²) in [7, 11) is -3.40. The predicted molar refractivity (Wildman–Crippen MR) is 80.3 cm³/mol. The monoisotopic (exact) mass is 318 g/mol. The predicted octanol–water partition coefficient (Wildman–Crippen LogP) is 1.35. The number of nitrogens with zero attached hydrogens (tertiary/aromatic N) is 2. The molecule has 1 atom stereocenters. The Hall–Kier alpha value is -0.470. The number of rotatable bonds is 5. The van der Waals surface area contributed by atoms with Crippen molar-refractivity contribution < 1.29 is 13.5 Å². The molecular weight excluding hydrogens is 296 g/mol. The summed E-state index contributed by atoms with van der Waals surface area (Å²) in [6.07, 6.45) is 1.08. The number of sulfonamides is 1. The van der Waals surface area contributed by atoms with Gasteiger partial charge in [0.25, 0.3) is 0 Å². The molecule has 2 heterocycles. The molecule has 0 spiro atoms. The lowest BCUT2D eigenvalue weighted by molar-refractivity contribution is 0.142. The van der Waals surface area contributed by atoms with Crippen LogP contribution in [0.15, 0.2) is 16.3 Å². The molecule has 7 heteroatoms. The molecule has 2 rings (SSSR count). The summed E-state index contributed by atoms with van der Waals surface area (Å²) in [4.78, 5) is 3.32. The molecule has 114 valence electrons. The Bertz CT molecular complexity index is 534. The molecule has 1 aliphatic heterocycles. The van der Waals surface area contributed by atoms with Crippen LogP contribution in [-0.4, -0.2) is 55.0 Å². The lowest BCUT2D eigenvalue weighted by Crippen LogP contribution is -2.51. The van der Waals surface area contributed by atoms with Crippen LogP contribution in [0.25, 0.3) is 0 Å². The van der Waals surface area contributed by atoms with E-state index in [4.69, 9.17) is 5.11 Å². The molecule has 1 aromatic heterocycles. The quantitative estimate of drug-likeness (QED) is 0.890. The Morgan fingerprint density at radius 2 is 2.00 bits per heavy atom. The highest BCUT2D eigenvalue weighted by Crippen LogP contribution is 2.24. The molecule has 1 fully saturated rings. The Morgan fingerprint density at radius 3 is 2.50 bits per heavy atom. The van der Waals surface area contributed by atoms with E-state index in [0.29, 0.717) is 28.9 Å². The van der Waals surface area contributed by atoms with Gasteiger partial charge in [0.05, 0.1) is 11.5 Å². The fraction of sp³-hybridized carbons (Fsp3) is 0.692. The Kier molecular flexibility index (Phi) is 5.19. The summed E-state index contributed by atoms with van der Waals surface area (Å²) in [5.74, 6) is 0. The second kappa shape index (κ2) is 6.53. The topological polar surface area (TPSA) is 60.9 Å². The SMILES string of the molecule is CCC(C)N1CCN(S(=O)(=O)c2csc(CO)c2)CC1. The molecule has 1 N–H and O–H groups in total. The van der Waals surface area contributed by atoms with Gasteiger partial charge in [-0.3, -0.25) is 4.90 Å². The number of hydrogen-bond donors (Lipinski definition) is 1. The van der Waals surface area contributed by atoms with Gasteiger partial charge in [0, 0.05) is 42.5 Å². The zero-order valence-electron chi connectivity index (χ0n) is 11.9. The van der Waals surface area contributed by atoms with Crippen LogP contribution in [-0.2, 0) is 16.6 Å². The molecule has 0 saturated carbocycles. The molecule has 0 bridgehead atoms. The zero-order valence-corrected chi connectivity index (χ0v) is 13.6. The lowest BCUT2D eigenvalue weighted by Gasteiger charge is -2.37. The third-order valence-electron chi connectivity index (χ3n) is 3.91. The first-order chi connectivity index (χ1) is 9.48. The highest BCUT2D eigenvalue weighted by molar-refractivity contribution is 7.89. The first-order valence-corrected chi connectivity index (χ1v) is 9.23. The molecule has 0 aliphatic carbocycles. The molecule has 20 heavy (non-hydrogen) atoms. The van der Waals surface area contributed by atoms with Gasteiger partial charge in [-0.25, -0.2) is 8.42 Å². The number of hydrogen-bond acceptors (Lipinski definition) is 5. The maximum atomic E-state index is 12.5. The number of thiophene rings is 1. The minimum atomic E-state index is -3.40. The van der Waals surface area contributed by atoms with Crippen molar-refractivity contribution >= 4 is 21.4 Å². The molecule has 5 nitrogen and oxygen atoms in total. The van der Waals surface area contributed by atoms with Crippen LogP contribution < -0.4 is 0 Å². The largest absolute Gasteiger partial charge is 0.391 e. The second-order valence-electron chi connectivity index (χ2n) is 5.10. The summed E-state index contributed by atoms with van der Waals surface area (Å²) in [6, 6.07) is 2.07. The van der Waals surface area contributed by atoms with E-state index in [-0.39, 0.29) is 6.61 Å². The fourth-order valence-electron chi connectivity index (χ4n) is 2.37. The van der Waals surface area contributed by atoms with Gasteiger partial charge in [-0.15, -0.1) is 11.3 Å². The summed E-state index contributed by atoms with van der Waals surface area (Å²) < 4.78 is 26.5. The molecule has 0 aromatic carbocycles. The van der Waals surface area contributed by atoms with Crippen LogP contribution in [0.4, 0.5) is 0 Å². The third kappa shape index (κ3) is 3.23. The number of aliphatic hydroxyl groups excluding tert-OH is 1. The van der Waals surface area contributed by atoms with Gasteiger partial charge in [-0.1, -0.05) is 6.92 Å². The molecule has 1 aromatic rings. The van der Waals surface area contributed by atoms with Crippen LogP contribution in [0.2, 0.25) is 0 Å². The molecular formula is C13H22N2O3S2. The van der Waals surface area contributed by atoms with E-state index < -0.39 is 10.0 Å². The fourth-order valence-corrected chi connectivity index (χ4v) is 4.91. The summed E-state index contributed by atoms with van der Waals surface area (Å²) >= 11 is 1.28. The summed E-state index contributed by atoms with van der Waals surface area (Å²) in [6.45, 7) is 6.86. The minimum absolute atomic E-state index is 0.109. The minimum Gasteiger partial charge on any atom is -0.391 e.